The first-order chi connectivity index (χ1) is 3.55. The Morgan fingerprint density at radius 1 is 1.38 bits per heavy atom. The van der Waals surface area contributed by atoms with E-state index < -0.39 is 18.0 Å². The lowest BCUT2D eigenvalue weighted by atomic mass is 10.4. The van der Waals surface area contributed by atoms with E-state index in [0.717, 1.165) is 0 Å². The molecule has 1 atom stereocenters. The molecule has 5 nitrogen and oxygen atoms in total. The number of carbonyl (C=O) groups excluding carboxylic acids is 1. The third-order valence-electron chi connectivity index (χ3n) is 0.457. The van der Waals surface area contributed by atoms with Crippen molar-refractivity contribution in [2.45, 2.75) is 6.10 Å². The highest BCUT2D eigenvalue weighted by atomic mass is 16.4. The van der Waals surface area contributed by atoms with E-state index >= 15 is 0 Å². The molecule has 0 fully saturated rings. The maximum absolute atomic E-state index is 9.47. The molecule has 1 radical (unpaired) electrons. The highest BCUT2D eigenvalue weighted by Crippen LogP contribution is 1.80. The molecule has 0 saturated carbocycles. The van der Waals surface area contributed by atoms with E-state index in [9.17, 15) is 14.7 Å². The van der Waals surface area contributed by atoms with Crippen molar-refractivity contribution >= 4 is 11.9 Å². The molecule has 0 rings (SSSR count). The van der Waals surface area contributed by atoms with Crippen molar-refractivity contribution in [1.82, 2.24) is 0 Å². The predicted octanol–water partition coefficient (Wildman–Crippen LogP) is -1.61. The van der Waals surface area contributed by atoms with E-state index in [-0.39, 0.29) is 0 Å². The fourth-order valence-electron chi connectivity index (χ4n) is 0.101. The molecule has 8 heavy (non-hydrogen) atoms. The monoisotopic (exact) mass is 119 g/mol. The predicted molar refractivity (Wildman–Crippen MR) is 19.3 cm³/mol. The van der Waals surface area contributed by atoms with Gasteiger partial charge in [0, 0.05) is 0 Å². The van der Waals surface area contributed by atoms with Crippen molar-refractivity contribution in [3.63, 3.8) is 0 Å². The van der Waals surface area contributed by atoms with Gasteiger partial charge in [0.05, 0.1) is 0 Å². The van der Waals surface area contributed by atoms with Gasteiger partial charge < -0.3 is 10.2 Å². The van der Waals surface area contributed by atoms with Crippen molar-refractivity contribution < 1.29 is 24.9 Å². The summed E-state index contributed by atoms with van der Waals surface area (Å²) in [4.78, 5) is 18.9. The first kappa shape index (κ1) is 6.90. The summed E-state index contributed by atoms with van der Waals surface area (Å²) >= 11 is 0. The Balaban J connectivity index is 3.83. The topological polar surface area (TPSA) is 94.5 Å². The highest BCUT2D eigenvalue weighted by Gasteiger charge is 2.23. The zero-order valence-electron chi connectivity index (χ0n) is 3.70. The Kier molecular flexibility index (Phi) is 1.96. The van der Waals surface area contributed by atoms with Crippen molar-refractivity contribution in [2.75, 3.05) is 0 Å². The van der Waals surface area contributed by atoms with Gasteiger partial charge in [0.1, 0.15) is 0 Å². The molecule has 0 aromatic rings. The van der Waals surface area contributed by atoms with Crippen LogP contribution in [-0.2, 0) is 14.7 Å². The number of hydrogen-bond acceptors (Lipinski definition) is 3. The van der Waals surface area contributed by atoms with Crippen LogP contribution in [0.3, 0.4) is 0 Å². The summed E-state index contributed by atoms with van der Waals surface area (Å²) in [6.07, 6.45) is -2.41. The summed E-state index contributed by atoms with van der Waals surface area (Å²) in [6.45, 7) is 0. The van der Waals surface area contributed by atoms with E-state index in [4.69, 9.17) is 10.2 Å². The molecule has 0 aliphatic rings. The van der Waals surface area contributed by atoms with Crippen LogP contribution < -0.4 is 0 Å². The summed E-state index contributed by atoms with van der Waals surface area (Å²) in [6, 6.07) is 0. The van der Waals surface area contributed by atoms with Crippen LogP contribution in [0.25, 0.3) is 0 Å². The Morgan fingerprint density at radius 3 is 1.75 bits per heavy atom. The summed E-state index contributed by atoms with van der Waals surface area (Å²) in [5.74, 6) is -3.82. The molecule has 0 aromatic carbocycles. The minimum absolute atomic E-state index is 1.81. The molecule has 0 aliphatic carbocycles. The quantitative estimate of drug-likeness (QED) is 0.427. The molecule has 0 spiro atoms. The van der Waals surface area contributed by atoms with Gasteiger partial charge in [-0.25, -0.2) is 14.7 Å². The van der Waals surface area contributed by atoms with Crippen LogP contribution in [0.15, 0.2) is 0 Å². The first-order valence-corrected chi connectivity index (χ1v) is 1.67. The maximum Gasteiger partial charge on any atom is 0.395 e. The SMILES string of the molecule is [O]C(=O)C(O)C(=O)O. The second kappa shape index (κ2) is 2.27. The number of rotatable bonds is 2. The molecule has 0 saturated heterocycles. The van der Waals surface area contributed by atoms with Crippen LogP contribution in [0, 0.1) is 0 Å². The van der Waals surface area contributed by atoms with Crippen LogP contribution in [0.4, 0.5) is 0 Å². The van der Waals surface area contributed by atoms with E-state index in [1.807, 2.05) is 0 Å². The van der Waals surface area contributed by atoms with E-state index in [0.29, 0.717) is 0 Å². The number of aliphatic hydroxyl groups excluding tert-OH is 1. The van der Waals surface area contributed by atoms with E-state index in [1.54, 1.807) is 0 Å². The number of aliphatic carboxylic acids is 1. The average molecular weight is 119 g/mol. The smallest absolute Gasteiger partial charge is 0.395 e. The molecule has 0 aromatic heterocycles. The summed E-state index contributed by atoms with van der Waals surface area (Å²) < 4.78 is 0. The van der Waals surface area contributed by atoms with Gasteiger partial charge in [-0.2, -0.15) is 0 Å². The molecule has 2 N–H and O–H groups in total. The van der Waals surface area contributed by atoms with Crippen LogP contribution in [0.1, 0.15) is 0 Å². The number of carbonyl (C=O) groups is 2. The molecule has 45 valence electrons. The standard InChI is InChI=1S/C3H3O5/c4-1(2(5)6)3(7)8/h1,4H,(H,5,6). The average Bonchev–Trinajstić information content (AvgIpc) is 1.64. The van der Waals surface area contributed by atoms with Gasteiger partial charge in [-0.3, -0.25) is 0 Å². The van der Waals surface area contributed by atoms with E-state index in [1.165, 1.54) is 0 Å². The van der Waals surface area contributed by atoms with Crippen LogP contribution in [0.2, 0.25) is 0 Å². The van der Waals surface area contributed by atoms with Gasteiger partial charge in [-0.15, -0.1) is 0 Å². The molecule has 0 aliphatic heterocycles. The molecular formula is C3H3O5. The van der Waals surface area contributed by atoms with E-state index in [2.05, 4.69) is 0 Å². The molecule has 0 heterocycles. The fourth-order valence-corrected chi connectivity index (χ4v) is 0.101. The van der Waals surface area contributed by atoms with Crippen LogP contribution >= 0.6 is 0 Å². The van der Waals surface area contributed by atoms with Gasteiger partial charge >= 0.3 is 11.9 Å². The Labute approximate surface area is 44.2 Å². The van der Waals surface area contributed by atoms with Crippen molar-refractivity contribution in [1.29, 1.82) is 0 Å². The Morgan fingerprint density at radius 2 is 1.75 bits per heavy atom. The molecule has 5 heteroatoms. The van der Waals surface area contributed by atoms with Gasteiger partial charge in [-0.1, -0.05) is 0 Å². The van der Waals surface area contributed by atoms with Crippen molar-refractivity contribution in [3.8, 4) is 0 Å². The van der Waals surface area contributed by atoms with Crippen LogP contribution in [-0.4, -0.2) is 28.3 Å². The number of aliphatic hydroxyl groups is 1. The minimum Gasteiger partial charge on any atom is -0.479 e. The van der Waals surface area contributed by atoms with Gasteiger partial charge in [0.2, 0.25) is 0 Å². The van der Waals surface area contributed by atoms with Crippen LogP contribution in [0.5, 0.6) is 0 Å². The van der Waals surface area contributed by atoms with Crippen molar-refractivity contribution in [2.24, 2.45) is 0 Å². The lowest BCUT2D eigenvalue weighted by Crippen LogP contribution is -2.27. The molecule has 0 bridgehead atoms. The van der Waals surface area contributed by atoms with Gasteiger partial charge in [-0.05, 0) is 0 Å². The zero-order valence-corrected chi connectivity index (χ0v) is 3.70. The second-order valence-corrected chi connectivity index (χ2v) is 1.06. The molecular weight excluding hydrogens is 116 g/mol. The first-order valence-electron chi connectivity index (χ1n) is 1.67. The fraction of sp³-hybridized carbons (Fsp3) is 0.333. The summed E-state index contributed by atoms with van der Waals surface area (Å²) in [7, 11) is 0. The zero-order chi connectivity index (χ0) is 6.73. The molecule has 1 unspecified atom stereocenters. The Hall–Kier alpha value is -1.10. The second-order valence-electron chi connectivity index (χ2n) is 1.06. The summed E-state index contributed by atoms with van der Waals surface area (Å²) in [5, 5.41) is 25.0. The highest BCUT2D eigenvalue weighted by molar-refractivity contribution is 5.95. The normalized spacial score (nSPS) is 9.25. The lowest BCUT2D eigenvalue weighted by molar-refractivity contribution is -0.164. The van der Waals surface area contributed by atoms with Gasteiger partial charge in [0.25, 0.3) is 6.10 Å². The van der Waals surface area contributed by atoms with Gasteiger partial charge in [0.15, 0.2) is 0 Å². The Bertz CT molecular complexity index is 103. The number of hydrogen-bond donors (Lipinski definition) is 2. The largest absolute Gasteiger partial charge is 0.479 e. The number of carboxylic acids is 1. The molecule has 0 amide bonds. The third kappa shape index (κ3) is 1.57. The third-order valence-corrected chi connectivity index (χ3v) is 0.457. The maximum atomic E-state index is 9.47. The summed E-state index contributed by atoms with van der Waals surface area (Å²) in [5.41, 5.74) is 0. The number of carboxylic acid groups (broad SMARTS) is 1. The minimum atomic E-state index is -2.41. The lowest BCUT2D eigenvalue weighted by Gasteiger charge is -1.91. The van der Waals surface area contributed by atoms with Crippen molar-refractivity contribution in [3.05, 3.63) is 0 Å².